The SMILES string of the molecule is CSCCCCNC(C)C1CCCN(C(=O)OC(C)(C)C)C1. The van der Waals surface area contributed by atoms with Crippen molar-refractivity contribution in [2.45, 2.75) is 65.0 Å². The summed E-state index contributed by atoms with van der Waals surface area (Å²) in [5, 5.41) is 3.63. The molecule has 22 heavy (non-hydrogen) atoms. The molecule has 0 aromatic rings. The highest BCUT2D eigenvalue weighted by Crippen LogP contribution is 2.22. The van der Waals surface area contributed by atoms with E-state index in [-0.39, 0.29) is 6.09 Å². The van der Waals surface area contributed by atoms with Gasteiger partial charge in [0.15, 0.2) is 0 Å². The van der Waals surface area contributed by atoms with E-state index in [0.717, 1.165) is 26.1 Å². The van der Waals surface area contributed by atoms with Gasteiger partial charge in [0.05, 0.1) is 0 Å². The number of nitrogens with zero attached hydrogens (tertiary/aromatic N) is 1. The van der Waals surface area contributed by atoms with Gasteiger partial charge in [-0.05, 0) is 77.8 Å². The van der Waals surface area contributed by atoms with Crippen LogP contribution in [0.5, 0.6) is 0 Å². The van der Waals surface area contributed by atoms with Crippen LogP contribution >= 0.6 is 11.8 Å². The molecule has 5 heteroatoms. The predicted octanol–water partition coefficient (Wildman–Crippen LogP) is 3.75. The van der Waals surface area contributed by atoms with Gasteiger partial charge >= 0.3 is 6.09 Å². The van der Waals surface area contributed by atoms with Crippen LogP contribution < -0.4 is 5.32 Å². The lowest BCUT2D eigenvalue weighted by atomic mass is 9.91. The van der Waals surface area contributed by atoms with Crippen LogP contribution in [0.2, 0.25) is 0 Å². The number of unbranched alkanes of at least 4 members (excludes halogenated alkanes) is 1. The van der Waals surface area contributed by atoms with E-state index in [1.807, 2.05) is 37.4 Å². The Hall–Kier alpha value is -0.420. The Morgan fingerprint density at radius 1 is 1.41 bits per heavy atom. The van der Waals surface area contributed by atoms with E-state index < -0.39 is 5.60 Å². The quantitative estimate of drug-likeness (QED) is 0.722. The second-order valence-corrected chi connectivity index (χ2v) is 8.26. The van der Waals surface area contributed by atoms with Crippen molar-refractivity contribution >= 4 is 17.9 Å². The molecule has 130 valence electrons. The van der Waals surface area contributed by atoms with Crippen molar-refractivity contribution in [3.63, 3.8) is 0 Å². The van der Waals surface area contributed by atoms with Crippen molar-refractivity contribution in [2.75, 3.05) is 31.6 Å². The second kappa shape index (κ2) is 9.66. The molecule has 0 aromatic heterocycles. The highest BCUT2D eigenvalue weighted by Gasteiger charge is 2.29. The molecule has 2 atom stereocenters. The summed E-state index contributed by atoms with van der Waals surface area (Å²) in [4.78, 5) is 14.1. The number of likely N-dealkylation sites (tertiary alicyclic amines) is 1. The highest BCUT2D eigenvalue weighted by molar-refractivity contribution is 7.98. The van der Waals surface area contributed by atoms with Crippen LogP contribution in [0.15, 0.2) is 0 Å². The Balaban J connectivity index is 2.34. The van der Waals surface area contributed by atoms with E-state index in [9.17, 15) is 4.79 Å². The van der Waals surface area contributed by atoms with Crippen molar-refractivity contribution in [1.29, 1.82) is 0 Å². The second-order valence-electron chi connectivity index (χ2n) is 7.27. The summed E-state index contributed by atoms with van der Waals surface area (Å²) < 4.78 is 5.49. The number of amides is 1. The van der Waals surface area contributed by atoms with E-state index in [1.165, 1.54) is 25.0 Å². The van der Waals surface area contributed by atoms with Gasteiger partial charge in [0.25, 0.3) is 0 Å². The molecule has 1 aliphatic heterocycles. The summed E-state index contributed by atoms with van der Waals surface area (Å²) in [5.74, 6) is 1.77. The van der Waals surface area contributed by atoms with Gasteiger partial charge < -0.3 is 15.0 Å². The molecule has 0 bridgehead atoms. The lowest BCUT2D eigenvalue weighted by Crippen LogP contribution is -2.48. The molecule has 0 aromatic carbocycles. The van der Waals surface area contributed by atoms with E-state index in [4.69, 9.17) is 4.74 Å². The maximum Gasteiger partial charge on any atom is 0.410 e. The fraction of sp³-hybridized carbons (Fsp3) is 0.941. The molecule has 0 spiro atoms. The molecular formula is C17H34N2O2S. The van der Waals surface area contributed by atoms with E-state index >= 15 is 0 Å². The number of rotatable bonds is 7. The summed E-state index contributed by atoms with van der Waals surface area (Å²) in [7, 11) is 0. The minimum absolute atomic E-state index is 0.163. The number of piperidine rings is 1. The molecule has 1 saturated heterocycles. The van der Waals surface area contributed by atoms with Gasteiger partial charge in [0.2, 0.25) is 0 Å². The van der Waals surface area contributed by atoms with Crippen molar-refractivity contribution in [3.05, 3.63) is 0 Å². The number of ether oxygens (including phenoxy) is 1. The number of carbonyl (C=O) groups excluding carboxylic acids is 1. The van der Waals surface area contributed by atoms with Crippen molar-refractivity contribution in [3.8, 4) is 0 Å². The molecule has 0 aliphatic carbocycles. The van der Waals surface area contributed by atoms with Gasteiger partial charge in [-0.25, -0.2) is 4.79 Å². The maximum atomic E-state index is 12.2. The molecular weight excluding hydrogens is 296 g/mol. The number of carbonyl (C=O) groups is 1. The zero-order chi connectivity index (χ0) is 16.6. The first-order valence-electron chi connectivity index (χ1n) is 8.53. The molecule has 1 fully saturated rings. The topological polar surface area (TPSA) is 41.6 Å². The van der Waals surface area contributed by atoms with Crippen LogP contribution in [0, 0.1) is 5.92 Å². The normalized spacial score (nSPS) is 20.8. The zero-order valence-corrected chi connectivity index (χ0v) is 15.8. The Bertz CT molecular complexity index is 331. The molecule has 0 radical (unpaired) electrons. The van der Waals surface area contributed by atoms with Crippen LogP contribution in [0.4, 0.5) is 4.79 Å². The van der Waals surface area contributed by atoms with E-state index in [1.54, 1.807) is 0 Å². The van der Waals surface area contributed by atoms with Crippen LogP contribution in [-0.2, 0) is 4.74 Å². The number of thioether (sulfide) groups is 1. The van der Waals surface area contributed by atoms with E-state index in [2.05, 4.69) is 18.5 Å². The van der Waals surface area contributed by atoms with Gasteiger partial charge in [0.1, 0.15) is 5.60 Å². The highest BCUT2D eigenvalue weighted by atomic mass is 32.2. The molecule has 1 N–H and O–H groups in total. The summed E-state index contributed by atoms with van der Waals surface area (Å²) in [6, 6.07) is 0.458. The van der Waals surface area contributed by atoms with E-state index in [0.29, 0.717) is 12.0 Å². The minimum atomic E-state index is -0.412. The molecule has 1 aliphatic rings. The predicted molar refractivity (Wildman–Crippen MR) is 95.6 cm³/mol. The molecule has 4 nitrogen and oxygen atoms in total. The number of hydrogen-bond donors (Lipinski definition) is 1. The third-order valence-corrected chi connectivity index (χ3v) is 4.76. The number of hydrogen-bond acceptors (Lipinski definition) is 4. The third kappa shape index (κ3) is 7.73. The average Bonchev–Trinajstić information content (AvgIpc) is 2.45. The third-order valence-electron chi connectivity index (χ3n) is 4.06. The van der Waals surface area contributed by atoms with Crippen molar-refractivity contribution in [2.24, 2.45) is 5.92 Å². The van der Waals surface area contributed by atoms with Gasteiger partial charge in [-0.1, -0.05) is 0 Å². The number of nitrogens with one attached hydrogen (secondary N) is 1. The molecule has 1 amide bonds. The summed E-state index contributed by atoms with van der Waals surface area (Å²) >= 11 is 1.91. The molecule has 0 saturated carbocycles. The largest absolute Gasteiger partial charge is 0.444 e. The van der Waals surface area contributed by atoms with Crippen molar-refractivity contribution in [1.82, 2.24) is 10.2 Å². The maximum absolute atomic E-state index is 12.2. The summed E-state index contributed by atoms with van der Waals surface area (Å²) in [6.07, 6.45) is 6.76. The Kier molecular flexibility index (Phi) is 8.62. The van der Waals surface area contributed by atoms with Crippen molar-refractivity contribution < 1.29 is 9.53 Å². The average molecular weight is 331 g/mol. The van der Waals surface area contributed by atoms with Gasteiger partial charge in [-0.3, -0.25) is 0 Å². The van der Waals surface area contributed by atoms with Crippen LogP contribution in [0.1, 0.15) is 53.4 Å². The zero-order valence-electron chi connectivity index (χ0n) is 15.0. The lowest BCUT2D eigenvalue weighted by molar-refractivity contribution is 0.0148. The minimum Gasteiger partial charge on any atom is -0.444 e. The Morgan fingerprint density at radius 2 is 2.14 bits per heavy atom. The Labute approximate surface area is 140 Å². The van der Waals surface area contributed by atoms with Gasteiger partial charge in [-0.2, -0.15) is 11.8 Å². The fourth-order valence-corrected chi connectivity index (χ4v) is 3.27. The lowest BCUT2D eigenvalue weighted by Gasteiger charge is -2.36. The van der Waals surface area contributed by atoms with Crippen LogP contribution in [0.25, 0.3) is 0 Å². The first-order chi connectivity index (χ1) is 10.3. The van der Waals surface area contributed by atoms with Crippen LogP contribution in [0.3, 0.4) is 0 Å². The molecule has 2 unspecified atom stereocenters. The Morgan fingerprint density at radius 3 is 2.77 bits per heavy atom. The van der Waals surface area contributed by atoms with Gasteiger partial charge in [0, 0.05) is 19.1 Å². The summed E-state index contributed by atoms with van der Waals surface area (Å²) in [5.41, 5.74) is -0.412. The molecule has 1 rings (SSSR count). The summed E-state index contributed by atoms with van der Waals surface area (Å²) in [6.45, 7) is 10.7. The van der Waals surface area contributed by atoms with Gasteiger partial charge in [-0.15, -0.1) is 0 Å². The smallest absolute Gasteiger partial charge is 0.410 e. The molecule has 1 heterocycles. The standard InChI is InChI=1S/C17H34N2O2S/c1-14(18-10-6-7-12-22-5)15-9-8-11-19(13-15)16(20)21-17(2,3)4/h14-15,18H,6-13H2,1-5H3. The first-order valence-corrected chi connectivity index (χ1v) is 9.93. The first kappa shape index (κ1) is 19.6. The fourth-order valence-electron chi connectivity index (χ4n) is 2.78. The monoisotopic (exact) mass is 330 g/mol. The van der Waals surface area contributed by atoms with Crippen LogP contribution in [-0.4, -0.2) is 54.3 Å².